The van der Waals surface area contributed by atoms with Crippen LogP contribution >= 0.6 is 0 Å². The summed E-state index contributed by atoms with van der Waals surface area (Å²) in [6.45, 7) is 0.803. The van der Waals surface area contributed by atoms with Crippen molar-refractivity contribution < 1.29 is 8.42 Å². The van der Waals surface area contributed by atoms with Gasteiger partial charge in [0.25, 0.3) is 0 Å². The molecule has 0 spiro atoms. The topological polar surface area (TPSA) is 81.0 Å². The van der Waals surface area contributed by atoms with E-state index in [4.69, 9.17) is 0 Å². The molecule has 0 saturated heterocycles. The number of tetrazole rings is 1. The van der Waals surface area contributed by atoms with Gasteiger partial charge in [0.1, 0.15) is 0 Å². The van der Waals surface area contributed by atoms with Crippen LogP contribution in [0.25, 0.3) is 11.4 Å². The molecule has 1 aliphatic carbocycles. The van der Waals surface area contributed by atoms with Crippen molar-refractivity contribution in [3.63, 3.8) is 0 Å². The fourth-order valence-corrected chi connectivity index (χ4v) is 6.26. The number of sulfonamides is 1. The minimum absolute atomic E-state index is 0.243. The molecule has 0 amide bonds. The summed E-state index contributed by atoms with van der Waals surface area (Å²) in [4.78, 5) is 1.81. The normalized spacial score (nSPS) is 14.8. The lowest BCUT2D eigenvalue weighted by Gasteiger charge is -2.23. The van der Waals surface area contributed by atoms with Crippen LogP contribution < -0.4 is 0 Å². The van der Waals surface area contributed by atoms with Gasteiger partial charge in [-0.05, 0) is 46.4 Å². The average molecular weight is 516 g/mol. The number of hydrogen-bond acceptors (Lipinski definition) is 5. The van der Waals surface area contributed by atoms with E-state index in [2.05, 4.69) is 15.4 Å². The van der Waals surface area contributed by atoms with Crippen LogP contribution in [-0.2, 0) is 29.5 Å². The van der Waals surface area contributed by atoms with E-state index in [1.54, 1.807) is 24.0 Å². The molecule has 4 aromatic rings. The van der Waals surface area contributed by atoms with Crippen molar-refractivity contribution in [1.29, 1.82) is 0 Å². The quantitative estimate of drug-likeness (QED) is 0.301. The largest absolute Gasteiger partial charge is 0.243 e. The highest BCUT2D eigenvalue weighted by Crippen LogP contribution is 2.32. The van der Waals surface area contributed by atoms with Crippen LogP contribution in [0.2, 0.25) is 0 Å². The molecule has 0 atom stereocenters. The molecule has 1 fully saturated rings. The third-order valence-electron chi connectivity index (χ3n) is 7.13. The number of benzene rings is 3. The Bertz CT molecular complexity index is 1420. The molecule has 1 aromatic heterocycles. The summed E-state index contributed by atoms with van der Waals surface area (Å²) in [7, 11) is -2.09. The predicted molar refractivity (Wildman–Crippen MR) is 144 cm³/mol. The number of hydrogen-bond donors (Lipinski definition) is 0. The Morgan fingerprint density at radius 1 is 0.892 bits per heavy atom. The van der Waals surface area contributed by atoms with Gasteiger partial charge in [-0.1, -0.05) is 98.8 Å². The molecule has 8 heteroatoms. The summed E-state index contributed by atoms with van der Waals surface area (Å²) >= 11 is 0. The molecule has 192 valence electrons. The molecule has 0 N–H and O–H groups in total. The minimum Gasteiger partial charge on any atom is -0.207 e. The van der Waals surface area contributed by atoms with Gasteiger partial charge in [0.2, 0.25) is 15.8 Å². The highest BCUT2D eigenvalue weighted by atomic mass is 32.2. The van der Waals surface area contributed by atoms with Crippen LogP contribution in [0.4, 0.5) is 0 Å². The van der Waals surface area contributed by atoms with Crippen LogP contribution in [0.3, 0.4) is 0 Å². The summed E-state index contributed by atoms with van der Waals surface area (Å²) in [6.07, 6.45) is 7.09. The zero-order chi connectivity index (χ0) is 25.7. The molecule has 37 heavy (non-hydrogen) atoms. The monoisotopic (exact) mass is 515 g/mol. The van der Waals surface area contributed by atoms with Gasteiger partial charge in [-0.25, -0.2) is 8.42 Å². The molecule has 0 aliphatic heterocycles. The molecule has 1 aliphatic rings. The number of aromatic nitrogens is 4. The van der Waals surface area contributed by atoms with Crippen LogP contribution in [-0.4, -0.2) is 40.0 Å². The molecule has 0 unspecified atom stereocenters. The Labute approximate surface area is 219 Å². The fraction of sp³-hybridized carbons (Fsp3) is 0.345. The molecule has 3 aromatic carbocycles. The second-order valence-electron chi connectivity index (χ2n) is 9.90. The van der Waals surface area contributed by atoms with Crippen molar-refractivity contribution in [3.05, 3.63) is 95.6 Å². The lowest BCUT2D eigenvalue weighted by Crippen LogP contribution is -2.26. The van der Waals surface area contributed by atoms with E-state index in [1.165, 1.54) is 36.4 Å². The Morgan fingerprint density at radius 2 is 1.57 bits per heavy atom. The third kappa shape index (κ3) is 6.14. The molecule has 7 nitrogen and oxygen atoms in total. The molecule has 0 radical (unpaired) electrons. The number of nitrogens with zero attached hydrogens (tertiary/aromatic N) is 5. The van der Waals surface area contributed by atoms with E-state index < -0.39 is 10.0 Å². The molecule has 0 bridgehead atoms. The highest BCUT2D eigenvalue weighted by molar-refractivity contribution is 7.89. The van der Waals surface area contributed by atoms with E-state index in [-0.39, 0.29) is 4.90 Å². The van der Waals surface area contributed by atoms with Crippen LogP contribution in [0.5, 0.6) is 0 Å². The Morgan fingerprint density at radius 3 is 2.27 bits per heavy atom. The van der Waals surface area contributed by atoms with Gasteiger partial charge >= 0.3 is 0 Å². The maximum atomic E-state index is 13.5. The molecule has 1 heterocycles. The van der Waals surface area contributed by atoms with Gasteiger partial charge in [0, 0.05) is 19.2 Å². The van der Waals surface area contributed by atoms with Crippen molar-refractivity contribution in [2.24, 2.45) is 5.92 Å². The molecular weight excluding hydrogens is 482 g/mol. The second-order valence-corrected chi connectivity index (χ2v) is 11.9. The van der Waals surface area contributed by atoms with Gasteiger partial charge in [-0.2, -0.15) is 9.10 Å². The number of rotatable bonds is 9. The maximum absolute atomic E-state index is 13.5. The summed E-state index contributed by atoms with van der Waals surface area (Å²) in [5.74, 6) is 1.06. The summed E-state index contributed by atoms with van der Waals surface area (Å²) in [5, 5.41) is 13.3. The van der Waals surface area contributed by atoms with Crippen molar-refractivity contribution >= 4 is 10.0 Å². The van der Waals surface area contributed by atoms with E-state index in [1.807, 2.05) is 66.7 Å². The van der Waals surface area contributed by atoms with E-state index in [9.17, 15) is 8.42 Å². The maximum Gasteiger partial charge on any atom is 0.243 e. The van der Waals surface area contributed by atoms with Gasteiger partial charge in [0.15, 0.2) is 0 Å². The van der Waals surface area contributed by atoms with Crippen LogP contribution in [0, 0.1) is 5.92 Å². The molecule has 5 rings (SSSR count). The standard InChI is InChI=1S/C29H33N5O2S/c1-33(21-24-13-7-3-8-14-24)37(35,36)27-18-17-26(19-23-11-5-2-6-12-23)28(20-27)29-30-32-34(31-29)22-25-15-9-4-10-16-25/h3-4,7-10,13-18,20,23H,2,5-6,11-12,19,21-22H2,1H3. The first-order valence-electron chi connectivity index (χ1n) is 12.9. The highest BCUT2D eigenvalue weighted by Gasteiger charge is 2.25. The predicted octanol–water partition coefficient (Wildman–Crippen LogP) is 5.33. The third-order valence-corrected chi connectivity index (χ3v) is 8.93. The zero-order valence-corrected chi connectivity index (χ0v) is 22.0. The van der Waals surface area contributed by atoms with Crippen molar-refractivity contribution in [2.75, 3.05) is 7.05 Å². The van der Waals surface area contributed by atoms with Crippen molar-refractivity contribution in [3.8, 4) is 11.4 Å². The Hall–Kier alpha value is -3.36. The van der Waals surface area contributed by atoms with E-state index >= 15 is 0 Å². The minimum atomic E-state index is -3.71. The first-order valence-corrected chi connectivity index (χ1v) is 14.4. The fourth-order valence-electron chi connectivity index (χ4n) is 5.07. The van der Waals surface area contributed by atoms with Gasteiger partial charge in [0.05, 0.1) is 11.4 Å². The smallest absolute Gasteiger partial charge is 0.207 e. The van der Waals surface area contributed by atoms with Crippen LogP contribution in [0.1, 0.15) is 48.8 Å². The van der Waals surface area contributed by atoms with Gasteiger partial charge < -0.3 is 0 Å². The van der Waals surface area contributed by atoms with E-state index in [0.29, 0.717) is 24.8 Å². The molecule has 1 saturated carbocycles. The van der Waals surface area contributed by atoms with Gasteiger partial charge in [-0.3, -0.25) is 0 Å². The van der Waals surface area contributed by atoms with Crippen molar-refractivity contribution in [2.45, 2.75) is 56.5 Å². The summed E-state index contributed by atoms with van der Waals surface area (Å²) in [5.41, 5.74) is 3.84. The van der Waals surface area contributed by atoms with Crippen LogP contribution in [0.15, 0.2) is 83.8 Å². The van der Waals surface area contributed by atoms with Crippen molar-refractivity contribution in [1.82, 2.24) is 24.5 Å². The Kier molecular flexibility index (Phi) is 7.76. The lowest BCUT2D eigenvalue weighted by atomic mass is 9.84. The average Bonchev–Trinajstić information content (AvgIpc) is 3.39. The zero-order valence-electron chi connectivity index (χ0n) is 21.2. The molecular formula is C29H33N5O2S. The summed E-state index contributed by atoms with van der Waals surface area (Å²) in [6, 6.07) is 25.0. The SMILES string of the molecule is CN(Cc1ccccc1)S(=O)(=O)c1ccc(CC2CCCCC2)c(-c2nnn(Cc3ccccc3)n2)c1. The Balaban J connectivity index is 1.46. The van der Waals surface area contributed by atoms with Gasteiger partial charge in [-0.15, -0.1) is 10.2 Å². The second kappa shape index (κ2) is 11.4. The van der Waals surface area contributed by atoms with E-state index in [0.717, 1.165) is 28.7 Å². The lowest BCUT2D eigenvalue weighted by molar-refractivity contribution is 0.357. The first-order chi connectivity index (χ1) is 18.0. The first kappa shape index (κ1) is 25.3. The summed E-state index contributed by atoms with van der Waals surface area (Å²) < 4.78 is 28.5.